The molecule has 1 fully saturated rings. The van der Waals surface area contributed by atoms with Gasteiger partial charge in [0.25, 0.3) is 0 Å². The Kier molecular flexibility index (Phi) is 5.61. The Morgan fingerprint density at radius 2 is 1.88 bits per heavy atom. The van der Waals surface area contributed by atoms with E-state index in [1.807, 2.05) is 49.9 Å². The first kappa shape index (κ1) is 22.8. The summed E-state index contributed by atoms with van der Waals surface area (Å²) in [6.45, 7) is 6.54. The number of carbonyl (C=O) groups is 1. The van der Waals surface area contributed by atoms with Crippen molar-refractivity contribution in [3.05, 3.63) is 70.4 Å². The number of para-hydroxylation sites is 1. The van der Waals surface area contributed by atoms with Crippen molar-refractivity contribution in [2.24, 2.45) is 0 Å². The molecule has 6 heteroatoms. The molecule has 1 amide bonds. The third-order valence-corrected chi connectivity index (χ3v) is 7.59. The molecule has 5 nitrogen and oxygen atoms in total. The molecular weight excluding hydrogens is 446 g/mol. The maximum absolute atomic E-state index is 13.6. The molecular formula is C28H30ClN3O2. The zero-order valence-corrected chi connectivity index (χ0v) is 20.7. The van der Waals surface area contributed by atoms with E-state index in [1.165, 1.54) is 16.5 Å². The van der Waals surface area contributed by atoms with Crippen molar-refractivity contribution in [1.82, 2.24) is 9.47 Å². The second kappa shape index (κ2) is 8.36. The van der Waals surface area contributed by atoms with Crippen LogP contribution in [0, 0.1) is 11.3 Å². The minimum atomic E-state index is -0.589. The van der Waals surface area contributed by atoms with Gasteiger partial charge in [-0.05, 0) is 69.4 Å². The summed E-state index contributed by atoms with van der Waals surface area (Å²) < 4.78 is 8.03. The highest BCUT2D eigenvalue weighted by molar-refractivity contribution is 6.30. The van der Waals surface area contributed by atoms with Crippen LogP contribution in [-0.2, 0) is 23.1 Å². The van der Waals surface area contributed by atoms with Crippen molar-refractivity contribution in [1.29, 1.82) is 5.26 Å². The average Bonchev–Trinajstić information content (AvgIpc) is 3.07. The number of halogens is 1. The highest BCUT2D eigenvalue weighted by Crippen LogP contribution is 2.57. The van der Waals surface area contributed by atoms with E-state index in [9.17, 15) is 10.1 Å². The number of rotatable bonds is 3. The van der Waals surface area contributed by atoms with Crippen LogP contribution in [0.1, 0.15) is 62.9 Å². The van der Waals surface area contributed by atoms with Crippen LogP contribution in [0.3, 0.4) is 0 Å². The van der Waals surface area contributed by atoms with Gasteiger partial charge in [0.1, 0.15) is 12.1 Å². The van der Waals surface area contributed by atoms with Gasteiger partial charge in [0.2, 0.25) is 0 Å². The molecule has 0 N–H and O–H groups in total. The van der Waals surface area contributed by atoms with Gasteiger partial charge < -0.3 is 9.30 Å². The van der Waals surface area contributed by atoms with Crippen molar-refractivity contribution < 1.29 is 9.53 Å². The number of fused-ring (bicyclic) bond motifs is 3. The molecule has 1 atom stereocenters. The van der Waals surface area contributed by atoms with Crippen LogP contribution in [0.25, 0.3) is 10.9 Å². The molecule has 2 aliphatic rings. The van der Waals surface area contributed by atoms with Crippen LogP contribution in [0.15, 0.2) is 48.5 Å². The van der Waals surface area contributed by atoms with Gasteiger partial charge in [-0.1, -0.05) is 48.4 Å². The Balaban J connectivity index is 1.75. The van der Waals surface area contributed by atoms with Gasteiger partial charge in [0.15, 0.2) is 0 Å². The van der Waals surface area contributed by atoms with Crippen LogP contribution in [0.5, 0.6) is 0 Å². The van der Waals surface area contributed by atoms with E-state index in [2.05, 4.69) is 34.9 Å². The lowest BCUT2D eigenvalue weighted by atomic mass is 9.58. The Morgan fingerprint density at radius 3 is 2.50 bits per heavy atom. The Labute approximate surface area is 205 Å². The fourth-order valence-electron chi connectivity index (χ4n) is 5.86. The molecule has 5 rings (SSSR count). The number of nitriles is 1. The number of hydrogen-bond donors (Lipinski definition) is 0. The molecule has 0 bridgehead atoms. The molecule has 0 spiro atoms. The molecule has 1 aliphatic carbocycles. The highest BCUT2D eigenvalue weighted by Gasteiger charge is 2.53. The van der Waals surface area contributed by atoms with E-state index in [1.54, 1.807) is 0 Å². The first-order valence-corrected chi connectivity index (χ1v) is 12.4. The summed E-state index contributed by atoms with van der Waals surface area (Å²) in [4.78, 5) is 15.5. The maximum atomic E-state index is 13.6. The molecule has 0 radical (unpaired) electrons. The van der Waals surface area contributed by atoms with Crippen LogP contribution < -0.4 is 0 Å². The molecule has 1 aliphatic heterocycles. The summed E-state index contributed by atoms with van der Waals surface area (Å²) in [5.74, 6) is 0. The van der Waals surface area contributed by atoms with Gasteiger partial charge in [-0.3, -0.25) is 4.90 Å². The molecule has 2 aromatic carbocycles. The molecule has 3 aromatic rings. The second-order valence-electron chi connectivity index (χ2n) is 10.5. The number of carbonyl (C=O) groups excluding carboxylic acids is 1. The van der Waals surface area contributed by atoms with E-state index in [-0.39, 0.29) is 24.1 Å². The van der Waals surface area contributed by atoms with Crippen LogP contribution in [0.4, 0.5) is 4.79 Å². The van der Waals surface area contributed by atoms with Gasteiger partial charge >= 0.3 is 6.09 Å². The van der Waals surface area contributed by atoms with E-state index in [4.69, 9.17) is 16.3 Å². The lowest BCUT2D eigenvalue weighted by Crippen LogP contribution is -2.54. The van der Waals surface area contributed by atoms with Crippen molar-refractivity contribution >= 4 is 28.6 Å². The monoisotopic (exact) mass is 475 g/mol. The third kappa shape index (κ3) is 3.65. The maximum Gasteiger partial charge on any atom is 0.410 e. The fraction of sp³-hybridized carbons (Fsp3) is 0.429. The fourth-order valence-corrected chi connectivity index (χ4v) is 5.98. The van der Waals surface area contributed by atoms with Gasteiger partial charge in [-0.15, -0.1) is 0 Å². The number of ether oxygens (including phenoxy) is 1. The Hall–Kier alpha value is -2.97. The van der Waals surface area contributed by atoms with E-state index in [0.717, 1.165) is 36.9 Å². The first-order chi connectivity index (χ1) is 16.2. The highest BCUT2D eigenvalue weighted by atomic mass is 35.5. The van der Waals surface area contributed by atoms with E-state index in [0.29, 0.717) is 11.6 Å². The first-order valence-electron chi connectivity index (χ1n) is 12.0. The SMILES string of the molecule is CC(C)(C)OC(=O)N1CCc2c(n(CC#N)c3ccccc23)C1C1(c2ccc(Cl)cc2)CCC1. The quantitative estimate of drug-likeness (QED) is 0.419. The third-order valence-electron chi connectivity index (χ3n) is 7.34. The van der Waals surface area contributed by atoms with E-state index < -0.39 is 5.60 Å². The van der Waals surface area contributed by atoms with Crippen LogP contribution >= 0.6 is 11.6 Å². The van der Waals surface area contributed by atoms with Gasteiger partial charge in [0, 0.05) is 33.6 Å². The normalized spacial score (nSPS) is 19.3. The largest absolute Gasteiger partial charge is 0.444 e. The molecule has 34 heavy (non-hydrogen) atoms. The minimum absolute atomic E-state index is 0.221. The van der Waals surface area contributed by atoms with Crippen LogP contribution in [-0.4, -0.2) is 27.7 Å². The van der Waals surface area contributed by atoms with Crippen molar-refractivity contribution in [2.75, 3.05) is 6.54 Å². The standard InChI is InChI=1S/C28H30ClN3O2/c1-27(2,3)34-26(33)32-17-13-22-21-7-4-5-8-23(21)31(18-16-30)24(22)25(32)28(14-6-15-28)19-9-11-20(29)12-10-19/h4-5,7-12,25H,6,13-15,17-18H2,1-3H3. The molecule has 176 valence electrons. The van der Waals surface area contributed by atoms with Crippen molar-refractivity contribution in [2.45, 2.75) is 70.1 Å². The summed E-state index contributed by atoms with van der Waals surface area (Å²) in [6, 6.07) is 18.5. The summed E-state index contributed by atoms with van der Waals surface area (Å²) in [5.41, 5.74) is 3.72. The summed E-state index contributed by atoms with van der Waals surface area (Å²) in [5, 5.41) is 11.6. The van der Waals surface area contributed by atoms with Crippen LogP contribution in [0.2, 0.25) is 5.02 Å². The predicted molar refractivity (Wildman–Crippen MR) is 134 cm³/mol. The van der Waals surface area contributed by atoms with Gasteiger partial charge in [0.05, 0.1) is 12.1 Å². The van der Waals surface area contributed by atoms with E-state index >= 15 is 0 Å². The minimum Gasteiger partial charge on any atom is -0.444 e. The van der Waals surface area contributed by atoms with Gasteiger partial charge in [-0.2, -0.15) is 5.26 Å². The number of benzene rings is 2. The Bertz CT molecular complexity index is 1280. The number of aromatic nitrogens is 1. The number of amides is 1. The number of hydrogen-bond acceptors (Lipinski definition) is 3. The lowest BCUT2D eigenvalue weighted by Gasteiger charge is -2.53. The topological polar surface area (TPSA) is 58.3 Å². The molecule has 1 aromatic heterocycles. The zero-order valence-electron chi connectivity index (χ0n) is 20.0. The average molecular weight is 476 g/mol. The Morgan fingerprint density at radius 1 is 1.18 bits per heavy atom. The predicted octanol–water partition coefficient (Wildman–Crippen LogP) is 6.77. The lowest BCUT2D eigenvalue weighted by molar-refractivity contribution is -0.00971. The summed E-state index contributed by atoms with van der Waals surface area (Å²) in [6.07, 6.45) is 3.46. The van der Waals surface area contributed by atoms with Crippen molar-refractivity contribution in [3.63, 3.8) is 0 Å². The smallest absolute Gasteiger partial charge is 0.410 e. The number of nitrogens with zero attached hydrogens (tertiary/aromatic N) is 3. The summed E-state index contributed by atoms with van der Waals surface area (Å²) in [7, 11) is 0. The molecule has 2 heterocycles. The zero-order chi connectivity index (χ0) is 24.1. The molecule has 1 unspecified atom stereocenters. The molecule has 1 saturated carbocycles. The van der Waals surface area contributed by atoms with Gasteiger partial charge in [-0.25, -0.2) is 4.79 Å². The molecule has 0 saturated heterocycles. The second-order valence-corrected chi connectivity index (χ2v) is 10.9. The summed E-state index contributed by atoms with van der Waals surface area (Å²) >= 11 is 6.24. The van der Waals surface area contributed by atoms with Crippen molar-refractivity contribution in [3.8, 4) is 6.07 Å².